The van der Waals surface area contributed by atoms with Crippen LogP contribution in [0.15, 0.2) is 54.6 Å². The first-order valence-corrected chi connectivity index (χ1v) is 5.90. The molecule has 0 atom stereocenters. The molecule has 0 heterocycles. The summed E-state index contributed by atoms with van der Waals surface area (Å²) in [7, 11) is 0. The Hall–Kier alpha value is -2.49. The number of hydrogen-bond acceptors (Lipinski definition) is 3. The fraction of sp³-hybridized carbons (Fsp3) is 0.133. The van der Waals surface area contributed by atoms with Crippen LogP contribution in [-0.4, -0.2) is 17.6 Å². The Morgan fingerprint density at radius 1 is 1.11 bits per heavy atom. The molecule has 0 aliphatic rings. The third-order valence-corrected chi connectivity index (χ3v) is 2.22. The molecule has 0 bridgehead atoms. The number of primary amides is 1. The number of rotatable bonds is 3. The number of ether oxygens (including phenoxy) is 1. The number of nitrogens with two attached hydrogens (primary N) is 1. The highest BCUT2D eigenvalue weighted by molar-refractivity contribution is 5.95. The third-order valence-electron chi connectivity index (χ3n) is 2.22. The summed E-state index contributed by atoms with van der Waals surface area (Å²) in [6.45, 7) is 2.72. The zero-order chi connectivity index (χ0) is 14.1. The maximum absolute atomic E-state index is 10.5. The van der Waals surface area contributed by atoms with Gasteiger partial charge in [0.05, 0.1) is 12.2 Å². The molecule has 0 aliphatic heterocycles. The van der Waals surface area contributed by atoms with Crippen molar-refractivity contribution in [1.29, 1.82) is 0 Å². The summed E-state index contributed by atoms with van der Waals surface area (Å²) in [4.78, 5) is 10.5. The van der Waals surface area contributed by atoms with E-state index in [0.29, 0.717) is 0 Å². The standard InChI is InChI=1S/C8H10O.C7H7NO2/c1-2-9-8-6-4-3-5-7-8;8-7(10)5-3-1-2-4-6(5)9/h3-7H,2H2,1H3;1-4,9H,(H2,8,10). The number of para-hydroxylation sites is 2. The average Bonchev–Trinajstić information content (AvgIpc) is 2.41. The summed E-state index contributed by atoms with van der Waals surface area (Å²) in [5.41, 5.74) is 5.07. The van der Waals surface area contributed by atoms with E-state index in [9.17, 15) is 4.79 Å². The third kappa shape index (κ3) is 5.12. The van der Waals surface area contributed by atoms with Crippen LogP contribution in [0.25, 0.3) is 0 Å². The van der Waals surface area contributed by atoms with Gasteiger partial charge < -0.3 is 15.6 Å². The quantitative estimate of drug-likeness (QED) is 0.889. The van der Waals surface area contributed by atoms with Gasteiger partial charge in [0.15, 0.2) is 0 Å². The summed E-state index contributed by atoms with van der Waals surface area (Å²) in [5, 5.41) is 8.98. The smallest absolute Gasteiger partial charge is 0.252 e. The van der Waals surface area contributed by atoms with Gasteiger partial charge in [0.2, 0.25) is 0 Å². The van der Waals surface area contributed by atoms with E-state index in [2.05, 4.69) is 0 Å². The van der Waals surface area contributed by atoms with Gasteiger partial charge in [0.25, 0.3) is 5.91 Å². The second kappa shape index (κ2) is 7.76. The zero-order valence-electron chi connectivity index (χ0n) is 10.7. The van der Waals surface area contributed by atoms with Crippen molar-refractivity contribution in [2.75, 3.05) is 6.61 Å². The van der Waals surface area contributed by atoms with Crippen molar-refractivity contribution in [2.45, 2.75) is 6.92 Å². The number of benzene rings is 2. The van der Waals surface area contributed by atoms with Crippen LogP contribution in [0.4, 0.5) is 0 Å². The van der Waals surface area contributed by atoms with E-state index < -0.39 is 5.91 Å². The molecule has 4 nitrogen and oxygen atoms in total. The second-order valence-corrected chi connectivity index (χ2v) is 3.63. The van der Waals surface area contributed by atoms with Crippen molar-refractivity contribution < 1.29 is 14.6 Å². The minimum atomic E-state index is -0.613. The van der Waals surface area contributed by atoms with Crippen LogP contribution in [0.2, 0.25) is 0 Å². The Bertz CT molecular complexity index is 512. The fourth-order valence-electron chi connectivity index (χ4n) is 1.37. The predicted octanol–water partition coefficient (Wildman–Crippen LogP) is 2.58. The summed E-state index contributed by atoms with van der Waals surface area (Å²) < 4.78 is 5.21. The molecule has 0 aliphatic carbocycles. The van der Waals surface area contributed by atoms with Gasteiger partial charge in [-0.15, -0.1) is 0 Å². The number of carbonyl (C=O) groups is 1. The summed E-state index contributed by atoms with van der Waals surface area (Å²) in [6.07, 6.45) is 0. The van der Waals surface area contributed by atoms with Crippen molar-refractivity contribution in [2.24, 2.45) is 5.73 Å². The Morgan fingerprint density at radius 2 is 1.68 bits per heavy atom. The molecule has 0 unspecified atom stereocenters. The monoisotopic (exact) mass is 259 g/mol. The SMILES string of the molecule is CCOc1ccccc1.NC(=O)c1ccccc1O. The predicted molar refractivity (Wildman–Crippen MR) is 74.2 cm³/mol. The first-order chi connectivity index (χ1) is 9.15. The Kier molecular flexibility index (Phi) is 5.95. The molecule has 0 spiro atoms. The molecule has 19 heavy (non-hydrogen) atoms. The molecule has 3 N–H and O–H groups in total. The van der Waals surface area contributed by atoms with Crippen LogP contribution in [0.1, 0.15) is 17.3 Å². The first kappa shape index (κ1) is 14.6. The molecule has 2 aromatic rings. The topological polar surface area (TPSA) is 72.5 Å². The van der Waals surface area contributed by atoms with Gasteiger partial charge in [-0.25, -0.2) is 0 Å². The lowest BCUT2D eigenvalue weighted by Gasteiger charge is -1.99. The van der Waals surface area contributed by atoms with Gasteiger partial charge in [-0.3, -0.25) is 4.79 Å². The van der Waals surface area contributed by atoms with Gasteiger partial charge in [-0.1, -0.05) is 30.3 Å². The van der Waals surface area contributed by atoms with E-state index in [4.69, 9.17) is 15.6 Å². The van der Waals surface area contributed by atoms with Crippen LogP contribution in [0.5, 0.6) is 11.5 Å². The van der Waals surface area contributed by atoms with Gasteiger partial charge in [0, 0.05) is 0 Å². The van der Waals surface area contributed by atoms with Gasteiger partial charge in [-0.05, 0) is 31.2 Å². The second-order valence-electron chi connectivity index (χ2n) is 3.63. The molecular formula is C15H17NO3. The molecule has 2 aromatic carbocycles. The maximum Gasteiger partial charge on any atom is 0.252 e. The van der Waals surface area contributed by atoms with Gasteiger partial charge >= 0.3 is 0 Å². The minimum Gasteiger partial charge on any atom is -0.507 e. The zero-order valence-corrected chi connectivity index (χ0v) is 10.7. The molecule has 0 saturated heterocycles. The molecule has 1 amide bonds. The highest BCUT2D eigenvalue weighted by Gasteiger charge is 2.03. The molecule has 0 aromatic heterocycles. The fourth-order valence-corrected chi connectivity index (χ4v) is 1.37. The van der Waals surface area contributed by atoms with Crippen molar-refractivity contribution >= 4 is 5.91 Å². The lowest BCUT2D eigenvalue weighted by atomic mass is 10.2. The Labute approximate surface area is 112 Å². The van der Waals surface area contributed by atoms with Gasteiger partial charge in [-0.2, -0.15) is 0 Å². The number of hydrogen-bond donors (Lipinski definition) is 2. The first-order valence-electron chi connectivity index (χ1n) is 5.90. The summed E-state index contributed by atoms with van der Waals surface area (Å²) >= 11 is 0. The van der Waals surface area contributed by atoms with E-state index in [-0.39, 0.29) is 11.3 Å². The summed E-state index contributed by atoms with van der Waals surface area (Å²) in [6, 6.07) is 15.9. The Balaban J connectivity index is 0.000000191. The van der Waals surface area contributed by atoms with E-state index in [1.807, 2.05) is 37.3 Å². The molecule has 2 rings (SSSR count). The number of amides is 1. The number of carbonyl (C=O) groups excluding carboxylic acids is 1. The largest absolute Gasteiger partial charge is 0.507 e. The molecule has 0 fully saturated rings. The average molecular weight is 259 g/mol. The summed E-state index contributed by atoms with van der Waals surface area (Å²) in [5.74, 6) is 0.258. The van der Waals surface area contributed by atoms with E-state index in [1.54, 1.807) is 12.1 Å². The van der Waals surface area contributed by atoms with Crippen molar-refractivity contribution in [3.8, 4) is 11.5 Å². The van der Waals surface area contributed by atoms with Crippen LogP contribution in [0, 0.1) is 0 Å². The normalized spacial score (nSPS) is 9.11. The Morgan fingerprint density at radius 3 is 2.16 bits per heavy atom. The number of phenols is 1. The lowest BCUT2D eigenvalue weighted by molar-refractivity contribution is 0.0998. The van der Waals surface area contributed by atoms with E-state index in [0.717, 1.165) is 12.4 Å². The maximum atomic E-state index is 10.5. The van der Waals surface area contributed by atoms with Crippen LogP contribution < -0.4 is 10.5 Å². The number of aromatic hydroxyl groups is 1. The van der Waals surface area contributed by atoms with Crippen molar-refractivity contribution in [3.05, 3.63) is 60.2 Å². The van der Waals surface area contributed by atoms with Crippen molar-refractivity contribution in [3.63, 3.8) is 0 Å². The van der Waals surface area contributed by atoms with E-state index >= 15 is 0 Å². The van der Waals surface area contributed by atoms with Crippen molar-refractivity contribution in [1.82, 2.24) is 0 Å². The molecule has 4 heteroatoms. The highest BCUT2D eigenvalue weighted by atomic mass is 16.5. The molecule has 0 radical (unpaired) electrons. The van der Waals surface area contributed by atoms with Gasteiger partial charge in [0.1, 0.15) is 11.5 Å². The molecule has 0 saturated carbocycles. The minimum absolute atomic E-state index is 0.0741. The van der Waals surface area contributed by atoms with E-state index in [1.165, 1.54) is 12.1 Å². The highest BCUT2D eigenvalue weighted by Crippen LogP contribution is 2.13. The molecule has 100 valence electrons. The molecular weight excluding hydrogens is 242 g/mol. The van der Waals surface area contributed by atoms with Crippen LogP contribution in [0.3, 0.4) is 0 Å². The van der Waals surface area contributed by atoms with Crippen LogP contribution in [-0.2, 0) is 0 Å². The van der Waals surface area contributed by atoms with Crippen LogP contribution >= 0.6 is 0 Å². The lowest BCUT2D eigenvalue weighted by Crippen LogP contribution is -2.10.